The number of carbonyl (C=O) groups excluding carboxylic acids is 2. The normalized spacial score (nSPS) is 16.6. The highest BCUT2D eigenvalue weighted by Crippen LogP contribution is 2.48. The molecule has 0 saturated heterocycles. The molecule has 0 aliphatic carbocycles. The van der Waals surface area contributed by atoms with Crippen molar-refractivity contribution in [2.24, 2.45) is 10.9 Å². The summed E-state index contributed by atoms with van der Waals surface area (Å²) in [6, 6.07) is 14.6. The first-order chi connectivity index (χ1) is 18.4. The SMILES string of the molecule is CCOC(=O)C1=C(c2ccccc2)N=C2SC=C(CC(=O)NCC(C)C)N2C1c1ccc(OC)c(OC)c1. The Morgan fingerprint density at radius 1 is 1.08 bits per heavy atom. The van der Waals surface area contributed by atoms with E-state index in [1.54, 1.807) is 21.1 Å². The minimum absolute atomic E-state index is 0.0895. The number of amidine groups is 1. The van der Waals surface area contributed by atoms with Gasteiger partial charge in [0.15, 0.2) is 16.7 Å². The minimum atomic E-state index is -0.601. The van der Waals surface area contributed by atoms with Crippen LogP contribution in [0, 0.1) is 5.92 Å². The van der Waals surface area contributed by atoms with Gasteiger partial charge < -0.3 is 24.4 Å². The van der Waals surface area contributed by atoms with E-state index in [1.807, 2.05) is 58.8 Å². The van der Waals surface area contributed by atoms with E-state index in [0.717, 1.165) is 16.8 Å². The number of benzene rings is 2. The summed E-state index contributed by atoms with van der Waals surface area (Å²) in [4.78, 5) is 33.3. The van der Waals surface area contributed by atoms with E-state index in [4.69, 9.17) is 19.2 Å². The molecule has 8 nitrogen and oxygen atoms in total. The summed E-state index contributed by atoms with van der Waals surface area (Å²) in [5.41, 5.74) is 3.27. The molecule has 2 heterocycles. The largest absolute Gasteiger partial charge is 0.493 e. The van der Waals surface area contributed by atoms with Crippen LogP contribution in [0.4, 0.5) is 0 Å². The molecular formula is C29H33N3O5S. The average Bonchev–Trinajstić information content (AvgIpc) is 3.33. The van der Waals surface area contributed by atoms with Gasteiger partial charge in [0.2, 0.25) is 5.91 Å². The molecule has 2 aliphatic heterocycles. The van der Waals surface area contributed by atoms with Gasteiger partial charge in [-0.3, -0.25) is 4.79 Å². The third-order valence-electron chi connectivity index (χ3n) is 6.13. The van der Waals surface area contributed by atoms with Gasteiger partial charge in [-0.2, -0.15) is 0 Å². The second kappa shape index (κ2) is 12.2. The molecule has 0 fully saturated rings. The molecule has 2 aromatic carbocycles. The number of hydrogen-bond donors (Lipinski definition) is 1. The first-order valence-electron chi connectivity index (χ1n) is 12.6. The Balaban J connectivity index is 1.87. The molecule has 1 atom stereocenters. The third kappa shape index (κ3) is 5.72. The van der Waals surface area contributed by atoms with Crippen molar-refractivity contribution in [1.29, 1.82) is 0 Å². The Morgan fingerprint density at radius 3 is 2.47 bits per heavy atom. The van der Waals surface area contributed by atoms with Crippen molar-refractivity contribution in [3.8, 4) is 11.5 Å². The summed E-state index contributed by atoms with van der Waals surface area (Å²) in [5, 5.41) is 5.60. The molecule has 1 N–H and O–H groups in total. The maximum absolute atomic E-state index is 13.6. The molecule has 200 valence electrons. The van der Waals surface area contributed by atoms with Gasteiger partial charge in [0.25, 0.3) is 0 Å². The van der Waals surface area contributed by atoms with Crippen molar-refractivity contribution in [3.63, 3.8) is 0 Å². The number of thioether (sulfide) groups is 1. The van der Waals surface area contributed by atoms with Gasteiger partial charge in [0.05, 0.1) is 44.6 Å². The lowest BCUT2D eigenvalue weighted by molar-refractivity contribution is -0.139. The van der Waals surface area contributed by atoms with Gasteiger partial charge >= 0.3 is 5.97 Å². The highest BCUT2D eigenvalue weighted by Gasteiger charge is 2.42. The van der Waals surface area contributed by atoms with Crippen molar-refractivity contribution >= 4 is 34.5 Å². The van der Waals surface area contributed by atoms with Crippen molar-refractivity contribution < 1.29 is 23.8 Å². The summed E-state index contributed by atoms with van der Waals surface area (Å²) in [6.07, 6.45) is 0.152. The molecule has 2 aromatic rings. The number of ether oxygens (including phenoxy) is 3. The monoisotopic (exact) mass is 535 g/mol. The smallest absolute Gasteiger partial charge is 0.338 e. The second-order valence-corrected chi connectivity index (χ2v) is 10.1. The van der Waals surface area contributed by atoms with Crippen molar-refractivity contribution in [3.05, 3.63) is 76.3 Å². The summed E-state index contributed by atoms with van der Waals surface area (Å²) in [5.74, 6) is 0.892. The third-order valence-corrected chi connectivity index (χ3v) is 7.01. The number of aliphatic imine (C=N–C) groups is 1. The molecule has 9 heteroatoms. The average molecular weight is 536 g/mol. The Labute approximate surface area is 227 Å². The van der Waals surface area contributed by atoms with Crippen LogP contribution < -0.4 is 14.8 Å². The van der Waals surface area contributed by atoms with Crippen LogP contribution in [0.25, 0.3) is 5.70 Å². The van der Waals surface area contributed by atoms with E-state index >= 15 is 0 Å². The fourth-order valence-corrected chi connectivity index (χ4v) is 5.29. The lowest BCUT2D eigenvalue weighted by Crippen LogP contribution is -2.38. The van der Waals surface area contributed by atoms with E-state index in [0.29, 0.717) is 40.4 Å². The van der Waals surface area contributed by atoms with Gasteiger partial charge in [-0.05, 0) is 35.9 Å². The predicted octanol–water partition coefficient (Wildman–Crippen LogP) is 5.14. The first-order valence-corrected chi connectivity index (χ1v) is 13.4. The summed E-state index contributed by atoms with van der Waals surface area (Å²) in [6.45, 7) is 6.68. The Morgan fingerprint density at radius 2 is 1.82 bits per heavy atom. The number of amides is 1. The highest BCUT2D eigenvalue weighted by atomic mass is 32.2. The number of nitrogens with zero attached hydrogens (tertiary/aromatic N) is 2. The van der Waals surface area contributed by atoms with Gasteiger partial charge in [0.1, 0.15) is 0 Å². The molecule has 2 aliphatic rings. The standard InChI is InChI=1S/C29H33N3O5S/c1-6-37-28(34)25-26(19-10-8-7-9-11-19)31-29-32(21(17-38-29)15-24(33)30-16-18(2)3)27(25)20-12-13-22(35-4)23(14-20)36-5/h7-14,17-18,27H,6,15-16H2,1-5H3,(H,30,33). The van der Waals surface area contributed by atoms with Crippen molar-refractivity contribution in [2.45, 2.75) is 33.2 Å². The summed E-state index contributed by atoms with van der Waals surface area (Å²) in [7, 11) is 3.15. The van der Waals surface area contributed by atoms with Crippen molar-refractivity contribution in [1.82, 2.24) is 10.2 Å². The second-order valence-electron chi connectivity index (χ2n) is 9.23. The van der Waals surface area contributed by atoms with Crippen LogP contribution in [0.3, 0.4) is 0 Å². The van der Waals surface area contributed by atoms with Crippen LogP contribution in [0.5, 0.6) is 11.5 Å². The van der Waals surface area contributed by atoms with Crippen LogP contribution in [-0.4, -0.2) is 49.3 Å². The summed E-state index contributed by atoms with van der Waals surface area (Å²) >= 11 is 1.43. The number of hydrogen-bond acceptors (Lipinski definition) is 8. The maximum atomic E-state index is 13.6. The lowest BCUT2D eigenvalue weighted by atomic mass is 9.91. The predicted molar refractivity (Wildman–Crippen MR) is 150 cm³/mol. The number of carbonyl (C=O) groups is 2. The zero-order chi connectivity index (χ0) is 27.2. The fraction of sp³-hybridized carbons (Fsp3) is 0.345. The van der Waals surface area contributed by atoms with Gasteiger partial charge in [-0.25, -0.2) is 9.79 Å². The van der Waals surface area contributed by atoms with Gasteiger partial charge in [0, 0.05) is 17.8 Å². The van der Waals surface area contributed by atoms with Gasteiger partial charge in [-0.15, -0.1) is 0 Å². The van der Waals surface area contributed by atoms with Crippen molar-refractivity contribution in [2.75, 3.05) is 27.4 Å². The zero-order valence-corrected chi connectivity index (χ0v) is 23.1. The number of rotatable bonds is 10. The number of methoxy groups -OCH3 is 2. The topological polar surface area (TPSA) is 89.5 Å². The van der Waals surface area contributed by atoms with E-state index in [-0.39, 0.29) is 18.9 Å². The fourth-order valence-electron chi connectivity index (χ4n) is 4.37. The number of fused-ring (bicyclic) bond motifs is 1. The van der Waals surface area contributed by atoms with E-state index in [9.17, 15) is 9.59 Å². The molecule has 4 rings (SSSR count). The summed E-state index contributed by atoms with van der Waals surface area (Å²) < 4.78 is 16.6. The lowest BCUT2D eigenvalue weighted by Gasteiger charge is -2.37. The molecule has 0 bridgehead atoms. The Kier molecular flexibility index (Phi) is 8.78. The highest BCUT2D eigenvalue weighted by molar-refractivity contribution is 8.16. The number of nitrogens with one attached hydrogen (secondary N) is 1. The van der Waals surface area contributed by atoms with E-state index < -0.39 is 12.0 Å². The quantitative estimate of drug-likeness (QED) is 0.421. The van der Waals surface area contributed by atoms with Crippen LogP contribution in [-0.2, 0) is 14.3 Å². The minimum Gasteiger partial charge on any atom is -0.493 e. The van der Waals surface area contributed by atoms with Crippen LogP contribution in [0.2, 0.25) is 0 Å². The van der Waals surface area contributed by atoms with Crippen LogP contribution in [0.15, 0.2) is 70.2 Å². The molecular weight excluding hydrogens is 502 g/mol. The first kappa shape index (κ1) is 27.3. The van der Waals surface area contributed by atoms with Gasteiger partial charge in [-0.1, -0.05) is 62.0 Å². The molecule has 38 heavy (non-hydrogen) atoms. The Hall–Kier alpha value is -3.72. The maximum Gasteiger partial charge on any atom is 0.338 e. The molecule has 0 spiro atoms. The molecule has 0 radical (unpaired) electrons. The molecule has 0 aromatic heterocycles. The number of esters is 1. The Bertz CT molecular complexity index is 1290. The molecule has 1 amide bonds. The molecule has 0 saturated carbocycles. The van der Waals surface area contributed by atoms with Crippen LogP contribution >= 0.6 is 11.8 Å². The van der Waals surface area contributed by atoms with Crippen LogP contribution in [0.1, 0.15) is 44.4 Å². The van der Waals surface area contributed by atoms with E-state index in [2.05, 4.69) is 19.2 Å². The van der Waals surface area contributed by atoms with E-state index in [1.165, 1.54) is 11.8 Å². The molecule has 1 unspecified atom stereocenters. The zero-order valence-electron chi connectivity index (χ0n) is 22.3.